The summed E-state index contributed by atoms with van der Waals surface area (Å²) in [6, 6.07) is 6.11. The van der Waals surface area contributed by atoms with Crippen LogP contribution in [0.1, 0.15) is 11.1 Å². The molecule has 0 bridgehead atoms. The van der Waals surface area contributed by atoms with Crippen LogP contribution in [0.5, 0.6) is 0 Å². The molecule has 1 heterocycles. The summed E-state index contributed by atoms with van der Waals surface area (Å²) < 4.78 is 18.7. The van der Waals surface area contributed by atoms with Crippen LogP contribution in [-0.2, 0) is 16.1 Å². The van der Waals surface area contributed by atoms with Gasteiger partial charge in [0.15, 0.2) is 6.10 Å². The Labute approximate surface area is 109 Å². The number of nitriles is 1. The van der Waals surface area contributed by atoms with Gasteiger partial charge in [-0.15, -0.1) is 0 Å². The van der Waals surface area contributed by atoms with Gasteiger partial charge in [0.2, 0.25) is 0 Å². The number of carbonyl (C=O) groups is 1. The van der Waals surface area contributed by atoms with Gasteiger partial charge < -0.3 is 9.84 Å². The molecule has 6 heteroatoms. The molecular weight excluding hydrogens is 251 g/mol. The van der Waals surface area contributed by atoms with Crippen molar-refractivity contribution >= 4 is 5.97 Å². The highest BCUT2D eigenvalue weighted by Gasteiger charge is 2.26. The van der Waals surface area contributed by atoms with E-state index in [1.807, 2.05) is 11.0 Å². The van der Waals surface area contributed by atoms with E-state index in [1.165, 1.54) is 18.2 Å². The van der Waals surface area contributed by atoms with Crippen molar-refractivity contribution in [3.63, 3.8) is 0 Å². The average molecular weight is 264 g/mol. The van der Waals surface area contributed by atoms with Gasteiger partial charge in [-0.2, -0.15) is 5.26 Å². The summed E-state index contributed by atoms with van der Waals surface area (Å²) in [5, 5.41) is 17.7. The normalized spacial score (nSPS) is 19.9. The zero-order chi connectivity index (χ0) is 13.8. The number of nitrogens with zero attached hydrogens (tertiary/aromatic N) is 2. The molecule has 1 atom stereocenters. The van der Waals surface area contributed by atoms with E-state index < -0.39 is 17.9 Å². The first-order valence-corrected chi connectivity index (χ1v) is 5.85. The molecule has 1 saturated heterocycles. The lowest BCUT2D eigenvalue weighted by molar-refractivity contribution is -0.156. The first kappa shape index (κ1) is 13.5. The van der Waals surface area contributed by atoms with Gasteiger partial charge in [-0.05, 0) is 18.2 Å². The molecule has 1 fully saturated rings. The Bertz CT molecular complexity index is 527. The first-order valence-electron chi connectivity index (χ1n) is 5.85. The van der Waals surface area contributed by atoms with Gasteiger partial charge in [0.05, 0.1) is 18.2 Å². The lowest BCUT2D eigenvalue weighted by Crippen LogP contribution is -2.45. The molecule has 0 amide bonds. The molecule has 1 aromatic rings. The number of morpholine rings is 1. The minimum atomic E-state index is -1.02. The summed E-state index contributed by atoms with van der Waals surface area (Å²) in [4.78, 5) is 12.7. The molecule has 1 aliphatic rings. The number of carboxylic acid groups (broad SMARTS) is 1. The molecule has 1 aliphatic heterocycles. The molecule has 19 heavy (non-hydrogen) atoms. The Balaban J connectivity index is 2.08. The maximum absolute atomic E-state index is 13.6. The maximum atomic E-state index is 13.6. The molecule has 1 aromatic carbocycles. The second-order valence-corrected chi connectivity index (χ2v) is 4.35. The van der Waals surface area contributed by atoms with Crippen molar-refractivity contribution in [1.29, 1.82) is 5.26 Å². The van der Waals surface area contributed by atoms with Gasteiger partial charge in [-0.3, -0.25) is 4.90 Å². The van der Waals surface area contributed by atoms with Gasteiger partial charge in [-0.25, -0.2) is 9.18 Å². The van der Waals surface area contributed by atoms with Crippen LogP contribution in [0, 0.1) is 17.1 Å². The molecular formula is C13H13FN2O3. The van der Waals surface area contributed by atoms with E-state index in [0.717, 1.165) is 0 Å². The van der Waals surface area contributed by atoms with E-state index in [4.69, 9.17) is 15.1 Å². The van der Waals surface area contributed by atoms with Crippen molar-refractivity contribution < 1.29 is 19.0 Å². The lowest BCUT2D eigenvalue weighted by Gasteiger charge is -2.30. The molecule has 100 valence electrons. The van der Waals surface area contributed by atoms with Crippen LogP contribution in [0.3, 0.4) is 0 Å². The summed E-state index contributed by atoms with van der Waals surface area (Å²) in [7, 11) is 0. The first-order chi connectivity index (χ1) is 9.10. The van der Waals surface area contributed by atoms with E-state index in [0.29, 0.717) is 24.3 Å². The molecule has 0 radical (unpaired) electrons. The number of ether oxygens (including phenoxy) is 1. The van der Waals surface area contributed by atoms with E-state index >= 15 is 0 Å². The minimum absolute atomic E-state index is 0.214. The molecule has 0 saturated carbocycles. The number of benzene rings is 1. The van der Waals surface area contributed by atoms with Crippen molar-refractivity contribution in [2.24, 2.45) is 0 Å². The van der Waals surface area contributed by atoms with Crippen LogP contribution in [0.25, 0.3) is 0 Å². The average Bonchev–Trinajstić information content (AvgIpc) is 2.41. The molecule has 0 aliphatic carbocycles. The van der Waals surface area contributed by atoms with Crippen molar-refractivity contribution in [3.8, 4) is 6.07 Å². The third kappa shape index (κ3) is 3.28. The zero-order valence-corrected chi connectivity index (χ0v) is 10.2. The summed E-state index contributed by atoms with van der Waals surface area (Å²) in [5.74, 6) is -1.41. The smallest absolute Gasteiger partial charge is 0.334 e. The summed E-state index contributed by atoms with van der Waals surface area (Å²) >= 11 is 0. The van der Waals surface area contributed by atoms with Crippen molar-refractivity contribution in [2.45, 2.75) is 12.6 Å². The highest BCUT2D eigenvalue weighted by molar-refractivity contribution is 5.72. The predicted molar refractivity (Wildman–Crippen MR) is 63.8 cm³/mol. The maximum Gasteiger partial charge on any atom is 0.334 e. The summed E-state index contributed by atoms with van der Waals surface area (Å²) in [6.45, 7) is 1.33. The van der Waals surface area contributed by atoms with E-state index in [9.17, 15) is 9.18 Å². The fourth-order valence-electron chi connectivity index (χ4n) is 2.00. The monoisotopic (exact) mass is 264 g/mol. The second-order valence-electron chi connectivity index (χ2n) is 4.35. The van der Waals surface area contributed by atoms with E-state index in [2.05, 4.69) is 0 Å². The molecule has 2 rings (SSSR count). The van der Waals surface area contributed by atoms with E-state index in [-0.39, 0.29) is 13.1 Å². The highest BCUT2D eigenvalue weighted by Crippen LogP contribution is 2.15. The molecule has 5 nitrogen and oxygen atoms in total. The summed E-state index contributed by atoms with van der Waals surface area (Å²) in [5.41, 5.74) is 0.782. The Kier molecular flexibility index (Phi) is 4.10. The third-order valence-corrected chi connectivity index (χ3v) is 2.99. The molecule has 1 N–H and O–H groups in total. The minimum Gasteiger partial charge on any atom is -0.479 e. The van der Waals surface area contributed by atoms with Crippen LogP contribution in [0.2, 0.25) is 0 Å². The van der Waals surface area contributed by atoms with Gasteiger partial charge in [0, 0.05) is 25.2 Å². The predicted octanol–water partition coefficient (Wildman–Crippen LogP) is 0.983. The Morgan fingerprint density at radius 2 is 2.42 bits per heavy atom. The van der Waals surface area contributed by atoms with Crippen LogP contribution < -0.4 is 0 Å². The fourth-order valence-corrected chi connectivity index (χ4v) is 2.00. The van der Waals surface area contributed by atoms with Crippen LogP contribution >= 0.6 is 0 Å². The largest absolute Gasteiger partial charge is 0.479 e. The number of carboxylic acids is 1. The Morgan fingerprint density at radius 3 is 3.11 bits per heavy atom. The highest BCUT2D eigenvalue weighted by atomic mass is 19.1. The van der Waals surface area contributed by atoms with Gasteiger partial charge in [-0.1, -0.05) is 0 Å². The van der Waals surface area contributed by atoms with Crippen LogP contribution in [0.15, 0.2) is 18.2 Å². The second kappa shape index (κ2) is 5.78. The molecule has 1 unspecified atom stereocenters. The SMILES string of the molecule is N#Cc1ccc(F)c(CN2CCOC(C(=O)O)C2)c1. The topological polar surface area (TPSA) is 73.6 Å². The number of hydrogen-bond acceptors (Lipinski definition) is 4. The van der Waals surface area contributed by atoms with Gasteiger partial charge in [0.25, 0.3) is 0 Å². The van der Waals surface area contributed by atoms with Gasteiger partial charge >= 0.3 is 5.97 Å². The summed E-state index contributed by atoms with van der Waals surface area (Å²) in [6.07, 6.45) is -0.879. The molecule has 0 spiro atoms. The number of rotatable bonds is 3. The van der Waals surface area contributed by atoms with Crippen molar-refractivity contribution in [2.75, 3.05) is 19.7 Å². The Hall–Kier alpha value is -1.97. The number of aliphatic carboxylic acids is 1. The van der Waals surface area contributed by atoms with Crippen molar-refractivity contribution in [1.82, 2.24) is 4.90 Å². The lowest BCUT2D eigenvalue weighted by atomic mass is 10.1. The molecule has 0 aromatic heterocycles. The van der Waals surface area contributed by atoms with Crippen molar-refractivity contribution in [3.05, 3.63) is 35.1 Å². The van der Waals surface area contributed by atoms with Crippen LogP contribution in [-0.4, -0.2) is 41.8 Å². The number of hydrogen-bond donors (Lipinski definition) is 1. The fraction of sp³-hybridized carbons (Fsp3) is 0.385. The quantitative estimate of drug-likeness (QED) is 0.881. The standard InChI is InChI=1S/C13H13FN2O3/c14-11-2-1-9(6-15)5-10(11)7-16-3-4-19-12(8-16)13(17)18/h1-2,5,12H,3-4,7-8H2,(H,17,18). The Morgan fingerprint density at radius 1 is 1.63 bits per heavy atom. The van der Waals surface area contributed by atoms with E-state index in [1.54, 1.807) is 0 Å². The zero-order valence-electron chi connectivity index (χ0n) is 10.2. The number of halogens is 1. The third-order valence-electron chi connectivity index (χ3n) is 2.99. The van der Waals surface area contributed by atoms with Gasteiger partial charge in [0.1, 0.15) is 5.82 Å². The van der Waals surface area contributed by atoms with Crippen LogP contribution in [0.4, 0.5) is 4.39 Å².